The lowest BCUT2D eigenvalue weighted by molar-refractivity contribution is 0.634. The smallest absolute Gasteiger partial charge is 0.125 e. The first-order valence-electron chi connectivity index (χ1n) is 4.30. The van der Waals surface area contributed by atoms with Crippen molar-refractivity contribution in [3.8, 4) is 5.75 Å². The molecule has 2 heteroatoms. The summed E-state index contributed by atoms with van der Waals surface area (Å²) in [7, 11) is 2.29. The minimum absolute atomic E-state index is 0.972. The predicted octanol–water partition coefficient (Wildman–Crippen LogP) is 2.98. The first-order valence-corrected chi connectivity index (χ1v) is 4.77. The molecular formula is C10H15OP. The SMILES string of the molecule is CCc1ccc(OP)c(CC)c1. The fourth-order valence-electron chi connectivity index (χ4n) is 1.24. The van der Waals surface area contributed by atoms with Gasteiger partial charge >= 0.3 is 0 Å². The van der Waals surface area contributed by atoms with Crippen LogP contribution in [0.15, 0.2) is 18.2 Å². The first-order chi connectivity index (χ1) is 5.81. The summed E-state index contributed by atoms with van der Waals surface area (Å²) in [6.45, 7) is 4.30. The van der Waals surface area contributed by atoms with Crippen LogP contribution >= 0.6 is 9.47 Å². The summed E-state index contributed by atoms with van der Waals surface area (Å²) < 4.78 is 5.15. The average molecular weight is 182 g/mol. The number of aryl methyl sites for hydroxylation is 2. The maximum atomic E-state index is 5.15. The molecule has 1 nitrogen and oxygen atoms in total. The molecular weight excluding hydrogens is 167 g/mol. The molecule has 0 aliphatic carbocycles. The zero-order valence-corrected chi connectivity index (χ0v) is 8.79. The largest absolute Gasteiger partial charge is 0.480 e. The Labute approximate surface area is 76.4 Å². The highest BCUT2D eigenvalue weighted by molar-refractivity contribution is 7.10. The topological polar surface area (TPSA) is 9.23 Å². The lowest BCUT2D eigenvalue weighted by atomic mass is 10.1. The van der Waals surface area contributed by atoms with Crippen molar-refractivity contribution >= 4 is 9.47 Å². The van der Waals surface area contributed by atoms with E-state index in [1.807, 2.05) is 6.07 Å². The van der Waals surface area contributed by atoms with Crippen molar-refractivity contribution in [2.45, 2.75) is 26.7 Å². The second-order valence-corrected chi connectivity index (χ2v) is 3.00. The zero-order valence-electron chi connectivity index (χ0n) is 7.63. The van der Waals surface area contributed by atoms with Crippen molar-refractivity contribution in [1.29, 1.82) is 0 Å². The van der Waals surface area contributed by atoms with Crippen LogP contribution in [-0.2, 0) is 12.8 Å². The zero-order chi connectivity index (χ0) is 8.97. The van der Waals surface area contributed by atoms with E-state index in [1.54, 1.807) is 0 Å². The van der Waals surface area contributed by atoms with Crippen molar-refractivity contribution in [2.75, 3.05) is 0 Å². The summed E-state index contributed by atoms with van der Waals surface area (Å²) in [4.78, 5) is 0. The Morgan fingerprint density at radius 2 is 2.00 bits per heavy atom. The van der Waals surface area contributed by atoms with Gasteiger partial charge < -0.3 is 4.52 Å². The van der Waals surface area contributed by atoms with Crippen LogP contribution in [0.2, 0.25) is 0 Å². The van der Waals surface area contributed by atoms with Gasteiger partial charge in [0, 0.05) is 0 Å². The van der Waals surface area contributed by atoms with Gasteiger partial charge in [-0.05, 0) is 30.0 Å². The number of rotatable bonds is 3. The normalized spacial score (nSPS) is 9.92. The van der Waals surface area contributed by atoms with Gasteiger partial charge in [0.1, 0.15) is 5.75 Å². The van der Waals surface area contributed by atoms with Gasteiger partial charge in [-0.3, -0.25) is 0 Å². The predicted molar refractivity (Wildman–Crippen MR) is 55.5 cm³/mol. The van der Waals surface area contributed by atoms with E-state index >= 15 is 0 Å². The van der Waals surface area contributed by atoms with Gasteiger partial charge in [-0.15, -0.1) is 0 Å². The molecule has 0 amide bonds. The fourth-order valence-corrected chi connectivity index (χ4v) is 1.47. The molecule has 1 aromatic rings. The highest BCUT2D eigenvalue weighted by Gasteiger charge is 2.00. The van der Waals surface area contributed by atoms with Gasteiger partial charge in [0.15, 0.2) is 0 Å². The van der Waals surface area contributed by atoms with E-state index in [0.717, 1.165) is 18.6 Å². The monoisotopic (exact) mass is 182 g/mol. The Balaban J connectivity index is 3.02. The molecule has 12 heavy (non-hydrogen) atoms. The minimum Gasteiger partial charge on any atom is -0.480 e. The molecule has 0 fully saturated rings. The summed E-state index contributed by atoms with van der Waals surface area (Å²) in [5.74, 6) is 0.972. The van der Waals surface area contributed by atoms with Crippen LogP contribution in [0.4, 0.5) is 0 Å². The van der Waals surface area contributed by atoms with Crippen molar-refractivity contribution in [3.05, 3.63) is 29.3 Å². The Bertz CT molecular complexity index is 258. The molecule has 1 unspecified atom stereocenters. The quantitative estimate of drug-likeness (QED) is 0.653. The highest BCUT2D eigenvalue weighted by atomic mass is 31.0. The molecule has 1 rings (SSSR count). The van der Waals surface area contributed by atoms with Gasteiger partial charge in [0.2, 0.25) is 0 Å². The summed E-state index contributed by atoms with van der Waals surface area (Å²) >= 11 is 0. The van der Waals surface area contributed by atoms with E-state index in [2.05, 4.69) is 35.4 Å². The molecule has 1 atom stereocenters. The molecule has 0 spiro atoms. The van der Waals surface area contributed by atoms with E-state index in [4.69, 9.17) is 4.52 Å². The first kappa shape index (κ1) is 9.54. The summed E-state index contributed by atoms with van der Waals surface area (Å²) in [6, 6.07) is 6.35. The molecule has 0 aliphatic heterocycles. The molecule has 0 aliphatic rings. The Morgan fingerprint density at radius 3 is 2.50 bits per heavy atom. The second-order valence-electron chi connectivity index (χ2n) is 2.77. The lowest BCUT2D eigenvalue weighted by Crippen LogP contribution is -1.88. The van der Waals surface area contributed by atoms with Gasteiger partial charge in [0.05, 0.1) is 9.47 Å². The van der Waals surface area contributed by atoms with Crippen molar-refractivity contribution in [3.63, 3.8) is 0 Å². The number of hydrogen-bond acceptors (Lipinski definition) is 1. The molecule has 0 bridgehead atoms. The summed E-state index contributed by atoms with van der Waals surface area (Å²) in [6.07, 6.45) is 2.11. The Kier molecular flexibility index (Phi) is 3.55. The fraction of sp³-hybridized carbons (Fsp3) is 0.400. The standard InChI is InChI=1S/C10H15OP/c1-3-8-5-6-10(11-12)9(4-2)7-8/h5-7H,3-4,12H2,1-2H3. The van der Waals surface area contributed by atoms with E-state index in [0.29, 0.717) is 0 Å². The van der Waals surface area contributed by atoms with E-state index < -0.39 is 0 Å². The van der Waals surface area contributed by atoms with E-state index in [-0.39, 0.29) is 0 Å². The minimum atomic E-state index is 0.972. The molecule has 0 aromatic heterocycles. The Hall–Kier alpha value is -0.550. The van der Waals surface area contributed by atoms with E-state index in [9.17, 15) is 0 Å². The van der Waals surface area contributed by atoms with Crippen LogP contribution in [0, 0.1) is 0 Å². The summed E-state index contributed by atoms with van der Waals surface area (Å²) in [5, 5.41) is 0. The van der Waals surface area contributed by atoms with Gasteiger partial charge in [0.25, 0.3) is 0 Å². The maximum Gasteiger partial charge on any atom is 0.125 e. The molecule has 1 aromatic carbocycles. The molecule has 66 valence electrons. The molecule has 0 N–H and O–H groups in total. The molecule has 0 saturated heterocycles. The van der Waals surface area contributed by atoms with Gasteiger partial charge in [-0.2, -0.15) is 0 Å². The second kappa shape index (κ2) is 4.47. The van der Waals surface area contributed by atoms with E-state index in [1.165, 1.54) is 11.1 Å². The molecule has 0 heterocycles. The molecule has 0 radical (unpaired) electrons. The van der Waals surface area contributed by atoms with Crippen LogP contribution in [0.5, 0.6) is 5.75 Å². The van der Waals surface area contributed by atoms with Crippen LogP contribution in [0.25, 0.3) is 0 Å². The van der Waals surface area contributed by atoms with Crippen molar-refractivity contribution in [2.24, 2.45) is 0 Å². The third kappa shape index (κ3) is 1.98. The van der Waals surface area contributed by atoms with Gasteiger partial charge in [-0.25, -0.2) is 0 Å². The highest BCUT2D eigenvalue weighted by Crippen LogP contribution is 2.22. The maximum absolute atomic E-state index is 5.15. The van der Waals surface area contributed by atoms with Crippen molar-refractivity contribution < 1.29 is 4.52 Å². The average Bonchev–Trinajstić information content (AvgIpc) is 2.16. The van der Waals surface area contributed by atoms with Crippen LogP contribution < -0.4 is 4.52 Å². The summed E-state index contributed by atoms with van der Waals surface area (Å²) in [5.41, 5.74) is 2.65. The number of hydrogen-bond donors (Lipinski definition) is 0. The lowest BCUT2D eigenvalue weighted by Gasteiger charge is -2.07. The van der Waals surface area contributed by atoms with Crippen LogP contribution in [0.3, 0.4) is 0 Å². The van der Waals surface area contributed by atoms with Crippen LogP contribution in [-0.4, -0.2) is 0 Å². The number of benzene rings is 1. The molecule has 0 saturated carbocycles. The third-order valence-corrected chi connectivity index (χ3v) is 2.29. The van der Waals surface area contributed by atoms with Crippen molar-refractivity contribution in [1.82, 2.24) is 0 Å². The third-order valence-electron chi connectivity index (χ3n) is 2.04. The van der Waals surface area contributed by atoms with Crippen LogP contribution in [0.1, 0.15) is 25.0 Å². The van der Waals surface area contributed by atoms with Gasteiger partial charge in [-0.1, -0.05) is 26.0 Å². The Morgan fingerprint density at radius 1 is 1.25 bits per heavy atom.